The number of nitrogens with zero attached hydrogens (tertiary/aromatic N) is 2. The van der Waals surface area contributed by atoms with Gasteiger partial charge in [0.25, 0.3) is 5.56 Å². The van der Waals surface area contributed by atoms with Gasteiger partial charge in [0.05, 0.1) is 5.39 Å². The molecule has 113 valence electrons. The van der Waals surface area contributed by atoms with E-state index in [2.05, 4.69) is 4.98 Å². The molecule has 0 saturated carbocycles. The Balaban J connectivity index is 0.00000176. The average molecular weight is 329 g/mol. The van der Waals surface area contributed by atoms with Gasteiger partial charge in [-0.3, -0.25) is 9.36 Å². The Morgan fingerprint density at radius 1 is 1.36 bits per heavy atom. The third-order valence-corrected chi connectivity index (χ3v) is 5.19. The largest absolute Gasteiger partial charge is 0.475 e. The number of carboxylic acid groups (broad SMARTS) is 1. The van der Waals surface area contributed by atoms with Gasteiger partial charge in [0.1, 0.15) is 4.83 Å². The molecule has 0 atom stereocenters. The molecular formula is C15H18N2NaO3S. The van der Waals surface area contributed by atoms with Crippen molar-refractivity contribution in [2.24, 2.45) is 0 Å². The summed E-state index contributed by atoms with van der Waals surface area (Å²) in [5.74, 6) is -1.25. The van der Waals surface area contributed by atoms with E-state index in [0.717, 1.165) is 44.1 Å². The van der Waals surface area contributed by atoms with E-state index in [9.17, 15) is 14.7 Å². The molecule has 22 heavy (non-hydrogen) atoms. The quantitative estimate of drug-likeness (QED) is 0.875. The Kier molecular flexibility index (Phi) is 5.82. The van der Waals surface area contributed by atoms with E-state index in [-0.39, 0.29) is 40.9 Å². The van der Waals surface area contributed by atoms with Crippen molar-refractivity contribution in [3.05, 3.63) is 26.6 Å². The summed E-state index contributed by atoms with van der Waals surface area (Å²) in [6, 6.07) is 0. The van der Waals surface area contributed by atoms with Crippen molar-refractivity contribution < 1.29 is 9.90 Å². The van der Waals surface area contributed by atoms with Crippen molar-refractivity contribution in [3.8, 4) is 0 Å². The molecule has 0 unspecified atom stereocenters. The first kappa shape index (κ1) is 17.7. The number of aromatic nitrogens is 2. The molecular weight excluding hydrogens is 311 g/mol. The predicted molar refractivity (Wildman–Crippen MR) is 88.1 cm³/mol. The molecule has 1 N–H and O–H groups in total. The van der Waals surface area contributed by atoms with Gasteiger partial charge in [0.2, 0.25) is 5.82 Å². The molecule has 0 saturated heterocycles. The normalized spacial score (nSPS) is 13.7. The molecule has 2 aromatic heterocycles. The van der Waals surface area contributed by atoms with Crippen LogP contribution in [0.3, 0.4) is 0 Å². The SMILES string of the molecule is CCCCn1c(C(=O)O)nc2sc3c(c2c1=O)CCCC3.[Na]. The predicted octanol–water partition coefficient (Wildman–Crippen LogP) is 2.45. The maximum Gasteiger partial charge on any atom is 0.372 e. The number of unbranched alkanes of at least 4 members (excludes halogenated alkanes) is 1. The summed E-state index contributed by atoms with van der Waals surface area (Å²) < 4.78 is 1.34. The number of fused-ring (bicyclic) bond motifs is 3. The van der Waals surface area contributed by atoms with Crippen LogP contribution in [0.15, 0.2) is 4.79 Å². The molecule has 5 nitrogen and oxygen atoms in total. The smallest absolute Gasteiger partial charge is 0.372 e. The van der Waals surface area contributed by atoms with Crippen LogP contribution < -0.4 is 5.56 Å². The molecule has 3 rings (SSSR count). The maximum atomic E-state index is 12.8. The number of carbonyl (C=O) groups is 1. The second-order valence-electron chi connectivity index (χ2n) is 5.44. The number of carboxylic acids is 1. The first-order valence-corrected chi connectivity index (χ1v) is 8.23. The van der Waals surface area contributed by atoms with Gasteiger partial charge >= 0.3 is 5.97 Å². The topological polar surface area (TPSA) is 72.2 Å². The minimum Gasteiger partial charge on any atom is -0.475 e. The van der Waals surface area contributed by atoms with Crippen LogP contribution in [0.25, 0.3) is 10.2 Å². The Bertz CT molecular complexity index is 766. The summed E-state index contributed by atoms with van der Waals surface area (Å²) >= 11 is 1.49. The van der Waals surface area contributed by atoms with Crippen LogP contribution in [-0.4, -0.2) is 50.2 Å². The molecule has 1 radical (unpaired) electrons. The van der Waals surface area contributed by atoms with Crippen molar-refractivity contribution in [3.63, 3.8) is 0 Å². The molecule has 1 aliphatic rings. The van der Waals surface area contributed by atoms with E-state index in [1.54, 1.807) is 0 Å². The Hall–Kier alpha value is -0.690. The van der Waals surface area contributed by atoms with E-state index in [1.165, 1.54) is 20.8 Å². The van der Waals surface area contributed by atoms with Crippen LogP contribution in [0.4, 0.5) is 0 Å². The van der Waals surface area contributed by atoms with Crippen LogP contribution in [0, 0.1) is 0 Å². The Labute approximate surface area is 154 Å². The zero-order valence-corrected chi connectivity index (χ0v) is 15.8. The van der Waals surface area contributed by atoms with Crippen molar-refractivity contribution >= 4 is 57.1 Å². The monoisotopic (exact) mass is 329 g/mol. The van der Waals surface area contributed by atoms with Crippen LogP contribution in [0.5, 0.6) is 0 Å². The van der Waals surface area contributed by atoms with Crippen molar-refractivity contribution in [1.82, 2.24) is 9.55 Å². The fraction of sp³-hybridized carbons (Fsp3) is 0.533. The zero-order chi connectivity index (χ0) is 15.0. The minimum atomic E-state index is -1.13. The van der Waals surface area contributed by atoms with E-state index >= 15 is 0 Å². The Morgan fingerprint density at radius 2 is 2.09 bits per heavy atom. The molecule has 7 heteroatoms. The summed E-state index contributed by atoms with van der Waals surface area (Å²) in [5.41, 5.74) is 0.936. The number of aromatic carboxylic acids is 1. The number of aryl methyl sites for hydroxylation is 2. The van der Waals surface area contributed by atoms with Crippen LogP contribution in [0.1, 0.15) is 53.7 Å². The number of rotatable bonds is 4. The van der Waals surface area contributed by atoms with Crippen LogP contribution in [0.2, 0.25) is 0 Å². The maximum absolute atomic E-state index is 12.8. The standard InChI is InChI=1S/C15H18N2O3S.Na/c1-2-3-8-17-12(15(19)20)16-13-11(14(17)18)9-6-4-5-7-10(9)21-13;/h2-8H2,1H3,(H,19,20);. The second kappa shape index (κ2) is 7.25. The van der Waals surface area contributed by atoms with E-state index in [0.29, 0.717) is 16.8 Å². The molecule has 0 bridgehead atoms. The first-order chi connectivity index (χ1) is 10.1. The van der Waals surface area contributed by atoms with Gasteiger partial charge in [-0.1, -0.05) is 13.3 Å². The second-order valence-corrected chi connectivity index (χ2v) is 6.53. The third-order valence-electron chi connectivity index (χ3n) is 4.00. The average Bonchev–Trinajstić information content (AvgIpc) is 2.84. The fourth-order valence-corrected chi connectivity index (χ4v) is 4.18. The van der Waals surface area contributed by atoms with Crippen molar-refractivity contribution in [1.29, 1.82) is 0 Å². The van der Waals surface area contributed by atoms with Crippen LogP contribution in [-0.2, 0) is 19.4 Å². The third kappa shape index (κ3) is 3.02. The molecule has 0 amide bonds. The summed E-state index contributed by atoms with van der Waals surface area (Å²) in [6.45, 7) is 2.44. The van der Waals surface area contributed by atoms with Gasteiger partial charge in [-0.2, -0.15) is 0 Å². The summed E-state index contributed by atoms with van der Waals surface area (Å²) in [7, 11) is 0. The zero-order valence-electron chi connectivity index (χ0n) is 13.0. The molecule has 0 aliphatic heterocycles. The molecule has 1 aliphatic carbocycles. The number of hydrogen-bond donors (Lipinski definition) is 1. The number of thiophene rings is 1. The molecule has 0 aromatic carbocycles. The Morgan fingerprint density at radius 3 is 2.77 bits per heavy atom. The fourth-order valence-electron chi connectivity index (χ4n) is 2.93. The van der Waals surface area contributed by atoms with Crippen molar-refractivity contribution in [2.45, 2.75) is 52.0 Å². The summed E-state index contributed by atoms with van der Waals surface area (Å²) in [5, 5.41) is 10.00. The van der Waals surface area contributed by atoms with Gasteiger partial charge in [-0.05, 0) is 37.7 Å². The van der Waals surface area contributed by atoms with Gasteiger partial charge in [-0.25, -0.2) is 9.78 Å². The van der Waals surface area contributed by atoms with Crippen molar-refractivity contribution in [2.75, 3.05) is 0 Å². The first-order valence-electron chi connectivity index (χ1n) is 7.41. The van der Waals surface area contributed by atoms with Gasteiger partial charge in [0, 0.05) is 41.0 Å². The van der Waals surface area contributed by atoms with E-state index < -0.39 is 5.97 Å². The minimum absolute atomic E-state index is 0. The number of hydrogen-bond acceptors (Lipinski definition) is 4. The molecule has 2 heterocycles. The molecule has 0 fully saturated rings. The van der Waals surface area contributed by atoms with Gasteiger partial charge in [-0.15, -0.1) is 11.3 Å². The van der Waals surface area contributed by atoms with Gasteiger partial charge in [0.15, 0.2) is 0 Å². The van der Waals surface area contributed by atoms with E-state index in [4.69, 9.17) is 0 Å². The van der Waals surface area contributed by atoms with Crippen LogP contribution >= 0.6 is 11.3 Å². The summed E-state index contributed by atoms with van der Waals surface area (Å²) in [4.78, 5) is 30.2. The van der Waals surface area contributed by atoms with E-state index in [1.807, 2.05) is 6.92 Å². The molecule has 2 aromatic rings. The molecule has 0 spiro atoms. The van der Waals surface area contributed by atoms with Gasteiger partial charge < -0.3 is 5.11 Å². The summed E-state index contributed by atoms with van der Waals surface area (Å²) in [6.07, 6.45) is 5.80.